The van der Waals surface area contributed by atoms with Gasteiger partial charge in [-0.15, -0.1) is 0 Å². The van der Waals surface area contributed by atoms with E-state index in [0.29, 0.717) is 0 Å². The Morgan fingerprint density at radius 3 is 1.23 bits per heavy atom. The topological polar surface area (TPSA) is 8.17 Å². The van der Waals surface area contributed by atoms with Gasteiger partial charge in [0.2, 0.25) is 0 Å². The summed E-state index contributed by atoms with van der Waals surface area (Å²) < 4.78 is 2.39. The molecule has 2 nitrogen and oxygen atoms in total. The molecule has 15 rings (SSSR count). The Morgan fingerprint density at radius 1 is 0.253 bits per heavy atom. The average Bonchev–Trinajstić information content (AvgIpc) is 4.29. The molecule has 1 aromatic heterocycles. The quantitative estimate of drug-likeness (QED) is 0.147. The van der Waals surface area contributed by atoms with E-state index in [4.69, 9.17) is 0 Å². The fraction of sp³-hybridized carbons (Fsp3) is 0.0137. The van der Waals surface area contributed by atoms with Gasteiger partial charge in [0.05, 0.1) is 22.1 Å². The molecular weight excluding hydrogens is 905 g/mol. The number of anilines is 3. The van der Waals surface area contributed by atoms with Gasteiger partial charge in [-0.25, -0.2) is 0 Å². The number of nitrogens with zero attached hydrogens (tertiary/aromatic N) is 2. The molecule has 0 bridgehead atoms. The van der Waals surface area contributed by atoms with Gasteiger partial charge in [0.25, 0.3) is 0 Å². The number of para-hydroxylation sites is 3. The summed E-state index contributed by atoms with van der Waals surface area (Å²) in [5.74, 6) is 0. The minimum atomic E-state index is -0.404. The van der Waals surface area contributed by atoms with Crippen LogP contribution in [0.25, 0.3) is 94.3 Å². The van der Waals surface area contributed by atoms with Gasteiger partial charge < -0.3 is 9.47 Å². The molecule has 0 saturated heterocycles. The van der Waals surface area contributed by atoms with Crippen molar-refractivity contribution in [1.29, 1.82) is 0 Å². The minimum absolute atomic E-state index is 0.404. The molecular formula is C73H48N2. The summed E-state index contributed by atoms with van der Waals surface area (Å²) in [6, 6.07) is 107. The monoisotopic (exact) mass is 952 g/mol. The van der Waals surface area contributed by atoms with Gasteiger partial charge in [0, 0.05) is 33.4 Å². The lowest BCUT2D eigenvalue weighted by molar-refractivity contribution is 0.794. The highest BCUT2D eigenvalue weighted by Crippen LogP contribution is 2.63. The van der Waals surface area contributed by atoms with Crippen molar-refractivity contribution >= 4 is 38.9 Å². The molecule has 0 radical (unpaired) electrons. The molecule has 0 atom stereocenters. The van der Waals surface area contributed by atoms with Gasteiger partial charge in [-0.3, -0.25) is 0 Å². The Labute approximate surface area is 437 Å². The first-order chi connectivity index (χ1) is 37.2. The van der Waals surface area contributed by atoms with E-state index in [1.54, 1.807) is 0 Å². The van der Waals surface area contributed by atoms with E-state index in [9.17, 15) is 0 Å². The maximum atomic E-state index is 2.48. The first-order valence-corrected chi connectivity index (χ1v) is 26.0. The third kappa shape index (κ3) is 6.53. The molecule has 2 aliphatic carbocycles. The molecule has 350 valence electrons. The van der Waals surface area contributed by atoms with Crippen molar-refractivity contribution in [3.05, 3.63) is 313 Å². The van der Waals surface area contributed by atoms with Crippen LogP contribution in [-0.4, -0.2) is 4.57 Å². The maximum Gasteiger partial charge on any atom is 0.0725 e. The van der Waals surface area contributed by atoms with E-state index in [-0.39, 0.29) is 0 Å². The Kier molecular flexibility index (Phi) is 9.83. The van der Waals surface area contributed by atoms with E-state index in [0.717, 1.165) is 28.3 Å². The van der Waals surface area contributed by atoms with Crippen molar-refractivity contribution < 1.29 is 0 Å². The van der Waals surface area contributed by atoms with Crippen LogP contribution in [0.3, 0.4) is 0 Å². The molecule has 0 unspecified atom stereocenters. The van der Waals surface area contributed by atoms with E-state index in [2.05, 4.69) is 301 Å². The normalized spacial score (nSPS) is 12.6. The number of hydrogen-bond donors (Lipinski definition) is 0. The Balaban J connectivity index is 0.886. The molecule has 1 spiro atoms. The standard InChI is InChI=1S/C73H48N2/c1-2-20-50(21-3-1)55-22-4-5-23-56(55)57-24-6-7-25-58(57)63-29-11-17-35-70(63)74(53-43-45-54(46-44-53)75-71-36-18-12-30-64(71)65-31-13-19-37-72(65)75)52-41-38-49(39-42-52)51-40-47-62-61-28-10-16-34-68(61)73(69(62)48-51)66-32-14-8-26-59(66)60-27-9-15-33-67(60)73/h1-48H. The van der Waals surface area contributed by atoms with Crippen LogP contribution in [-0.2, 0) is 5.41 Å². The highest BCUT2D eigenvalue weighted by Gasteiger charge is 2.51. The second kappa shape index (κ2) is 17.2. The van der Waals surface area contributed by atoms with Gasteiger partial charge in [0.1, 0.15) is 0 Å². The van der Waals surface area contributed by atoms with Gasteiger partial charge in [-0.2, -0.15) is 0 Å². The van der Waals surface area contributed by atoms with E-state index in [1.807, 2.05) is 0 Å². The predicted octanol–water partition coefficient (Wildman–Crippen LogP) is 19.3. The van der Waals surface area contributed by atoms with Crippen LogP contribution in [0, 0.1) is 0 Å². The summed E-state index contributed by atoms with van der Waals surface area (Å²) >= 11 is 0. The summed E-state index contributed by atoms with van der Waals surface area (Å²) in [4.78, 5) is 2.44. The third-order valence-corrected chi connectivity index (χ3v) is 16.1. The maximum absolute atomic E-state index is 2.48. The summed E-state index contributed by atoms with van der Waals surface area (Å²) in [5, 5.41) is 2.50. The first kappa shape index (κ1) is 42.9. The molecule has 12 aromatic carbocycles. The summed E-state index contributed by atoms with van der Waals surface area (Å²) in [6.07, 6.45) is 0. The first-order valence-electron chi connectivity index (χ1n) is 26.0. The molecule has 2 heteroatoms. The second-order valence-corrected chi connectivity index (χ2v) is 19.9. The van der Waals surface area contributed by atoms with Crippen molar-refractivity contribution in [2.45, 2.75) is 5.41 Å². The third-order valence-electron chi connectivity index (χ3n) is 16.1. The van der Waals surface area contributed by atoms with Gasteiger partial charge in [-0.1, -0.05) is 231 Å². The fourth-order valence-electron chi connectivity index (χ4n) is 12.9. The van der Waals surface area contributed by atoms with Gasteiger partial charge >= 0.3 is 0 Å². The molecule has 0 saturated carbocycles. The van der Waals surface area contributed by atoms with Crippen LogP contribution in [0.1, 0.15) is 22.3 Å². The van der Waals surface area contributed by atoms with Gasteiger partial charge in [0.15, 0.2) is 0 Å². The van der Waals surface area contributed by atoms with Crippen molar-refractivity contribution in [3.63, 3.8) is 0 Å². The lowest BCUT2D eigenvalue weighted by atomic mass is 9.70. The number of rotatable bonds is 8. The van der Waals surface area contributed by atoms with Crippen molar-refractivity contribution in [2.75, 3.05) is 4.90 Å². The zero-order chi connectivity index (χ0) is 49.5. The van der Waals surface area contributed by atoms with Crippen LogP contribution in [0.5, 0.6) is 0 Å². The van der Waals surface area contributed by atoms with E-state index in [1.165, 1.54) is 105 Å². The molecule has 0 fully saturated rings. The van der Waals surface area contributed by atoms with Gasteiger partial charge in [-0.05, 0) is 144 Å². The highest BCUT2D eigenvalue weighted by atomic mass is 15.1. The SMILES string of the molecule is c1ccc(-c2ccccc2-c2ccccc2-c2ccccc2N(c2ccc(-c3ccc4c(c3)C3(c5ccccc5-c5ccccc53)c3ccccc3-4)cc2)c2ccc(-n3c4ccccc4c4ccccc43)cc2)cc1. The molecule has 0 aliphatic heterocycles. The van der Waals surface area contributed by atoms with Crippen LogP contribution >= 0.6 is 0 Å². The summed E-state index contributed by atoms with van der Waals surface area (Å²) in [7, 11) is 0. The lowest BCUT2D eigenvalue weighted by Gasteiger charge is -2.30. The van der Waals surface area contributed by atoms with Crippen molar-refractivity contribution in [1.82, 2.24) is 4.57 Å². The number of fused-ring (bicyclic) bond motifs is 13. The van der Waals surface area contributed by atoms with Crippen LogP contribution in [0.15, 0.2) is 291 Å². The lowest BCUT2D eigenvalue weighted by Crippen LogP contribution is -2.25. The Bertz CT molecular complexity index is 4230. The predicted molar refractivity (Wildman–Crippen MR) is 314 cm³/mol. The van der Waals surface area contributed by atoms with Crippen LogP contribution in [0.2, 0.25) is 0 Å². The van der Waals surface area contributed by atoms with E-state index >= 15 is 0 Å². The van der Waals surface area contributed by atoms with Crippen LogP contribution in [0.4, 0.5) is 17.1 Å². The number of aromatic nitrogens is 1. The Hall–Kier alpha value is -9.76. The average molecular weight is 953 g/mol. The van der Waals surface area contributed by atoms with Crippen LogP contribution < -0.4 is 4.90 Å². The van der Waals surface area contributed by atoms with E-state index < -0.39 is 5.41 Å². The molecule has 0 N–H and O–H groups in total. The number of hydrogen-bond acceptors (Lipinski definition) is 1. The molecule has 1 heterocycles. The number of benzene rings is 12. The smallest absolute Gasteiger partial charge is 0.0725 e. The molecule has 0 amide bonds. The zero-order valence-corrected chi connectivity index (χ0v) is 41.1. The summed E-state index contributed by atoms with van der Waals surface area (Å²) in [6.45, 7) is 0. The minimum Gasteiger partial charge on any atom is -0.310 e. The zero-order valence-electron chi connectivity index (χ0n) is 41.1. The van der Waals surface area contributed by atoms with Crippen molar-refractivity contribution in [3.8, 4) is 72.4 Å². The molecule has 75 heavy (non-hydrogen) atoms. The molecule has 13 aromatic rings. The summed E-state index contributed by atoms with van der Waals surface area (Å²) in [5.41, 5.74) is 26.5. The second-order valence-electron chi connectivity index (χ2n) is 19.9. The Morgan fingerprint density at radius 2 is 0.653 bits per heavy atom. The largest absolute Gasteiger partial charge is 0.310 e. The highest BCUT2D eigenvalue weighted by molar-refractivity contribution is 6.09. The fourth-order valence-corrected chi connectivity index (χ4v) is 12.9. The van der Waals surface area contributed by atoms with Crippen molar-refractivity contribution in [2.24, 2.45) is 0 Å². The molecule has 2 aliphatic rings.